The van der Waals surface area contributed by atoms with E-state index in [2.05, 4.69) is 42.2 Å². The number of aliphatic hydroxyl groups is 1. The van der Waals surface area contributed by atoms with Gasteiger partial charge in [-0.05, 0) is 36.8 Å². The summed E-state index contributed by atoms with van der Waals surface area (Å²) in [5.74, 6) is 1.39. The summed E-state index contributed by atoms with van der Waals surface area (Å²) in [5.41, 5.74) is 7.34. The molecule has 0 heterocycles. The molecule has 0 radical (unpaired) electrons. The predicted octanol–water partition coefficient (Wildman–Crippen LogP) is 2.63. The molecule has 1 saturated carbocycles. The molecule has 3 unspecified atom stereocenters. The average molecular weight is 290 g/mol. The van der Waals surface area contributed by atoms with Gasteiger partial charge >= 0.3 is 0 Å². The summed E-state index contributed by atoms with van der Waals surface area (Å²) >= 11 is 0. The van der Waals surface area contributed by atoms with Crippen molar-refractivity contribution < 1.29 is 5.11 Å². The maximum absolute atomic E-state index is 9.45. The van der Waals surface area contributed by atoms with Gasteiger partial charge in [-0.2, -0.15) is 0 Å². The van der Waals surface area contributed by atoms with E-state index in [-0.39, 0.29) is 6.61 Å². The van der Waals surface area contributed by atoms with E-state index in [4.69, 9.17) is 5.73 Å². The SMILES string of the molecule is CCC1CCC(CN)C(N(CCO)Cc2ccccc2)C1. The van der Waals surface area contributed by atoms with Crippen molar-refractivity contribution in [1.82, 2.24) is 4.90 Å². The van der Waals surface area contributed by atoms with E-state index < -0.39 is 0 Å². The molecule has 1 aliphatic carbocycles. The normalized spacial score (nSPS) is 26.2. The first-order chi connectivity index (χ1) is 10.3. The maximum Gasteiger partial charge on any atom is 0.0558 e. The quantitative estimate of drug-likeness (QED) is 0.811. The Hall–Kier alpha value is -0.900. The molecule has 0 saturated heterocycles. The summed E-state index contributed by atoms with van der Waals surface area (Å²) < 4.78 is 0. The van der Waals surface area contributed by atoms with Crippen LogP contribution in [0.4, 0.5) is 0 Å². The lowest BCUT2D eigenvalue weighted by Crippen LogP contribution is -2.47. The van der Waals surface area contributed by atoms with Crippen LogP contribution in [-0.2, 0) is 6.54 Å². The second kappa shape index (κ2) is 8.52. The van der Waals surface area contributed by atoms with Gasteiger partial charge in [-0.15, -0.1) is 0 Å². The summed E-state index contributed by atoms with van der Waals surface area (Å²) in [4.78, 5) is 2.45. The van der Waals surface area contributed by atoms with Crippen molar-refractivity contribution in [3.63, 3.8) is 0 Å². The van der Waals surface area contributed by atoms with Gasteiger partial charge in [0.15, 0.2) is 0 Å². The van der Waals surface area contributed by atoms with Gasteiger partial charge in [-0.3, -0.25) is 4.90 Å². The molecule has 3 nitrogen and oxygen atoms in total. The topological polar surface area (TPSA) is 49.5 Å². The largest absolute Gasteiger partial charge is 0.395 e. The molecule has 1 aromatic carbocycles. The molecule has 3 N–H and O–H groups in total. The zero-order chi connectivity index (χ0) is 15.1. The minimum absolute atomic E-state index is 0.220. The molecular formula is C18H30N2O. The third-order valence-corrected chi connectivity index (χ3v) is 5.03. The van der Waals surface area contributed by atoms with Crippen LogP contribution in [0.2, 0.25) is 0 Å². The van der Waals surface area contributed by atoms with E-state index in [1.165, 1.54) is 31.2 Å². The van der Waals surface area contributed by atoms with Crippen LogP contribution in [-0.4, -0.2) is 35.7 Å². The van der Waals surface area contributed by atoms with Crippen LogP contribution in [0.3, 0.4) is 0 Å². The van der Waals surface area contributed by atoms with Gasteiger partial charge in [0.05, 0.1) is 6.61 Å². The van der Waals surface area contributed by atoms with Gasteiger partial charge < -0.3 is 10.8 Å². The number of hydrogen-bond acceptors (Lipinski definition) is 3. The molecule has 0 amide bonds. The van der Waals surface area contributed by atoms with Gasteiger partial charge in [0.25, 0.3) is 0 Å². The first-order valence-corrected chi connectivity index (χ1v) is 8.37. The number of aliphatic hydroxyl groups excluding tert-OH is 1. The molecule has 0 aromatic heterocycles. The molecule has 118 valence electrons. The fourth-order valence-corrected chi connectivity index (χ4v) is 3.70. The van der Waals surface area contributed by atoms with E-state index >= 15 is 0 Å². The molecule has 0 bridgehead atoms. The number of hydrogen-bond donors (Lipinski definition) is 2. The highest BCUT2D eigenvalue weighted by Gasteiger charge is 2.32. The first kappa shape index (κ1) is 16.5. The fraction of sp³-hybridized carbons (Fsp3) is 0.667. The van der Waals surface area contributed by atoms with Gasteiger partial charge in [-0.1, -0.05) is 50.1 Å². The number of nitrogens with two attached hydrogens (primary N) is 1. The highest BCUT2D eigenvalue weighted by atomic mass is 16.3. The second-order valence-electron chi connectivity index (χ2n) is 6.33. The Balaban J connectivity index is 2.10. The van der Waals surface area contributed by atoms with E-state index in [1.807, 2.05) is 0 Å². The highest BCUT2D eigenvalue weighted by Crippen LogP contribution is 2.34. The van der Waals surface area contributed by atoms with Crippen molar-refractivity contribution in [3.8, 4) is 0 Å². The van der Waals surface area contributed by atoms with Crippen molar-refractivity contribution in [1.29, 1.82) is 0 Å². The standard InChI is InChI=1S/C18H30N2O/c1-2-15-8-9-17(13-19)18(12-15)20(10-11-21)14-16-6-4-3-5-7-16/h3-7,15,17-18,21H,2,8-14,19H2,1H3. The molecule has 3 atom stereocenters. The van der Waals surface area contributed by atoms with E-state index in [0.29, 0.717) is 12.0 Å². The summed E-state index contributed by atoms with van der Waals surface area (Å²) in [6.45, 7) is 4.93. The van der Waals surface area contributed by atoms with Crippen LogP contribution in [0.1, 0.15) is 38.2 Å². The molecule has 3 heteroatoms. The lowest BCUT2D eigenvalue weighted by molar-refractivity contribution is 0.0593. The lowest BCUT2D eigenvalue weighted by Gasteiger charge is -2.42. The Morgan fingerprint density at radius 2 is 2.00 bits per heavy atom. The molecular weight excluding hydrogens is 260 g/mol. The van der Waals surface area contributed by atoms with E-state index in [0.717, 1.165) is 25.6 Å². The molecule has 21 heavy (non-hydrogen) atoms. The third-order valence-electron chi connectivity index (χ3n) is 5.03. The molecule has 1 aromatic rings. The number of benzene rings is 1. The average Bonchev–Trinajstić information content (AvgIpc) is 2.55. The minimum Gasteiger partial charge on any atom is -0.395 e. The van der Waals surface area contributed by atoms with Crippen molar-refractivity contribution in [2.24, 2.45) is 17.6 Å². The monoisotopic (exact) mass is 290 g/mol. The first-order valence-electron chi connectivity index (χ1n) is 8.37. The Morgan fingerprint density at radius 3 is 2.62 bits per heavy atom. The van der Waals surface area contributed by atoms with Crippen molar-refractivity contribution in [2.45, 2.75) is 45.2 Å². The van der Waals surface area contributed by atoms with Crippen molar-refractivity contribution >= 4 is 0 Å². The minimum atomic E-state index is 0.220. The molecule has 0 aliphatic heterocycles. The zero-order valence-electron chi connectivity index (χ0n) is 13.2. The summed E-state index contributed by atoms with van der Waals surface area (Å²) in [6, 6.07) is 11.1. The highest BCUT2D eigenvalue weighted by molar-refractivity contribution is 5.14. The summed E-state index contributed by atoms with van der Waals surface area (Å²) in [6.07, 6.45) is 5.03. The summed E-state index contributed by atoms with van der Waals surface area (Å²) in [5, 5.41) is 9.45. The molecule has 1 aliphatic rings. The molecule has 0 spiro atoms. The summed E-state index contributed by atoms with van der Waals surface area (Å²) in [7, 11) is 0. The third kappa shape index (κ3) is 4.53. The zero-order valence-corrected chi connectivity index (χ0v) is 13.2. The Morgan fingerprint density at radius 1 is 1.24 bits per heavy atom. The number of rotatable bonds is 7. The van der Waals surface area contributed by atoms with Crippen LogP contribution in [0.5, 0.6) is 0 Å². The Bertz CT molecular complexity index is 395. The van der Waals surface area contributed by atoms with Crippen LogP contribution >= 0.6 is 0 Å². The lowest BCUT2D eigenvalue weighted by atomic mass is 9.76. The number of nitrogens with zero attached hydrogens (tertiary/aromatic N) is 1. The molecule has 2 rings (SSSR count). The van der Waals surface area contributed by atoms with Crippen molar-refractivity contribution in [2.75, 3.05) is 19.7 Å². The van der Waals surface area contributed by atoms with Gasteiger partial charge in [-0.25, -0.2) is 0 Å². The maximum atomic E-state index is 9.45. The van der Waals surface area contributed by atoms with Crippen LogP contribution in [0, 0.1) is 11.8 Å². The van der Waals surface area contributed by atoms with Gasteiger partial charge in [0.1, 0.15) is 0 Å². The second-order valence-corrected chi connectivity index (χ2v) is 6.33. The Labute approximate surface area is 129 Å². The van der Waals surface area contributed by atoms with Crippen LogP contribution in [0.25, 0.3) is 0 Å². The Kier molecular flexibility index (Phi) is 6.68. The van der Waals surface area contributed by atoms with Gasteiger partial charge in [0, 0.05) is 19.1 Å². The fourth-order valence-electron chi connectivity index (χ4n) is 3.70. The van der Waals surface area contributed by atoms with Crippen LogP contribution < -0.4 is 5.73 Å². The molecule has 1 fully saturated rings. The smallest absolute Gasteiger partial charge is 0.0558 e. The predicted molar refractivity (Wildman–Crippen MR) is 87.9 cm³/mol. The van der Waals surface area contributed by atoms with Crippen molar-refractivity contribution in [3.05, 3.63) is 35.9 Å². The van der Waals surface area contributed by atoms with E-state index in [9.17, 15) is 5.11 Å². The van der Waals surface area contributed by atoms with Gasteiger partial charge in [0.2, 0.25) is 0 Å². The van der Waals surface area contributed by atoms with E-state index in [1.54, 1.807) is 0 Å². The van der Waals surface area contributed by atoms with Crippen LogP contribution in [0.15, 0.2) is 30.3 Å².